The summed E-state index contributed by atoms with van der Waals surface area (Å²) in [4.78, 5) is 0. The molecule has 1 heterocycles. The third-order valence-corrected chi connectivity index (χ3v) is 4.26. The number of rotatable bonds is 1. The van der Waals surface area contributed by atoms with Gasteiger partial charge in [0.05, 0.1) is 6.04 Å². The molecule has 1 aromatic carbocycles. The number of nitrogens with one attached hydrogen (secondary N) is 1. The van der Waals surface area contributed by atoms with Crippen molar-refractivity contribution in [2.75, 3.05) is 5.32 Å². The van der Waals surface area contributed by atoms with E-state index in [-0.39, 0.29) is 12.1 Å². The van der Waals surface area contributed by atoms with Gasteiger partial charge in [-0.1, -0.05) is 18.2 Å². The van der Waals surface area contributed by atoms with E-state index in [1.54, 1.807) is 0 Å². The van der Waals surface area contributed by atoms with E-state index in [4.69, 9.17) is 5.73 Å². The van der Waals surface area contributed by atoms with Gasteiger partial charge in [-0.05, 0) is 43.7 Å². The Morgan fingerprint density at radius 3 is 2.65 bits per heavy atom. The van der Waals surface area contributed by atoms with Gasteiger partial charge in [-0.2, -0.15) is 0 Å². The van der Waals surface area contributed by atoms with Crippen molar-refractivity contribution in [1.82, 2.24) is 0 Å². The molecule has 3 heteroatoms. The Morgan fingerprint density at radius 1 is 1.24 bits per heavy atom. The first-order valence-corrected chi connectivity index (χ1v) is 6.46. The van der Waals surface area contributed by atoms with Crippen LogP contribution in [-0.2, 0) is 6.42 Å². The molecule has 1 saturated carbocycles. The second-order valence-corrected chi connectivity index (χ2v) is 5.43. The van der Waals surface area contributed by atoms with E-state index in [0.29, 0.717) is 12.8 Å². The second kappa shape index (κ2) is 3.98. The molecule has 0 spiro atoms. The van der Waals surface area contributed by atoms with Crippen molar-refractivity contribution in [2.24, 2.45) is 5.73 Å². The second-order valence-electron chi connectivity index (χ2n) is 5.43. The average molecular weight is 234 g/mol. The zero-order valence-corrected chi connectivity index (χ0v) is 9.95. The van der Waals surface area contributed by atoms with Gasteiger partial charge in [-0.25, -0.2) is 4.39 Å². The lowest BCUT2D eigenvalue weighted by molar-refractivity contribution is 0.0790. The number of fused-ring (bicyclic) bond motifs is 1. The summed E-state index contributed by atoms with van der Waals surface area (Å²) in [6.45, 7) is 0. The largest absolute Gasteiger partial charge is 0.379 e. The van der Waals surface area contributed by atoms with Gasteiger partial charge in [0.2, 0.25) is 0 Å². The minimum Gasteiger partial charge on any atom is -0.379 e. The summed E-state index contributed by atoms with van der Waals surface area (Å²) >= 11 is 0. The van der Waals surface area contributed by atoms with Crippen molar-refractivity contribution < 1.29 is 4.39 Å². The molecule has 0 aromatic heterocycles. The van der Waals surface area contributed by atoms with Crippen LogP contribution in [0.5, 0.6) is 0 Å². The Kier molecular flexibility index (Phi) is 2.58. The smallest absolute Gasteiger partial charge is 0.131 e. The van der Waals surface area contributed by atoms with Gasteiger partial charge in [0.15, 0.2) is 0 Å². The highest BCUT2D eigenvalue weighted by molar-refractivity contribution is 5.57. The lowest BCUT2D eigenvalue weighted by atomic mass is 9.78. The number of nitrogens with two attached hydrogens (primary N) is 1. The van der Waals surface area contributed by atoms with Crippen LogP contribution in [0.1, 0.15) is 31.2 Å². The summed E-state index contributed by atoms with van der Waals surface area (Å²) in [6.07, 6.45) is 3.62. The predicted octanol–water partition coefficient (Wildman–Crippen LogP) is 2.63. The van der Waals surface area contributed by atoms with E-state index in [9.17, 15) is 4.39 Å². The molecular weight excluding hydrogens is 215 g/mol. The summed E-state index contributed by atoms with van der Waals surface area (Å²) in [6, 6.07) is 8.27. The lowest BCUT2D eigenvalue weighted by Crippen LogP contribution is -2.47. The van der Waals surface area contributed by atoms with E-state index in [2.05, 4.69) is 11.4 Å². The van der Waals surface area contributed by atoms with Gasteiger partial charge in [0.1, 0.15) is 5.67 Å². The van der Waals surface area contributed by atoms with Gasteiger partial charge < -0.3 is 11.1 Å². The number of alkyl halides is 1. The standard InChI is InChI=1S/C14H19FN2/c15-14(7-5-11(16)6-8-14)13-9-10-3-1-2-4-12(10)17-13/h1-4,11,13,17H,5-9,16H2. The first-order chi connectivity index (χ1) is 8.17. The molecule has 1 aromatic rings. The molecule has 0 bridgehead atoms. The van der Waals surface area contributed by atoms with Crippen LogP contribution in [0.2, 0.25) is 0 Å². The van der Waals surface area contributed by atoms with Crippen LogP contribution in [-0.4, -0.2) is 17.8 Å². The molecule has 0 saturated heterocycles. The molecule has 1 atom stereocenters. The van der Waals surface area contributed by atoms with Crippen molar-refractivity contribution in [1.29, 1.82) is 0 Å². The molecule has 17 heavy (non-hydrogen) atoms. The minimum atomic E-state index is -1.07. The summed E-state index contributed by atoms with van der Waals surface area (Å²) in [7, 11) is 0. The number of anilines is 1. The highest BCUT2D eigenvalue weighted by Gasteiger charge is 2.44. The monoisotopic (exact) mass is 234 g/mol. The summed E-state index contributed by atoms with van der Waals surface area (Å²) in [5.41, 5.74) is 7.12. The number of hydrogen-bond acceptors (Lipinski definition) is 2. The maximum absolute atomic E-state index is 14.9. The average Bonchev–Trinajstić information content (AvgIpc) is 2.77. The summed E-state index contributed by atoms with van der Waals surface area (Å²) < 4.78 is 14.9. The third-order valence-electron chi connectivity index (χ3n) is 4.26. The number of para-hydroxylation sites is 1. The van der Waals surface area contributed by atoms with E-state index in [0.717, 1.165) is 24.9 Å². The molecule has 2 nitrogen and oxygen atoms in total. The SMILES string of the molecule is NC1CCC(F)(C2Cc3ccccc3N2)CC1. The molecule has 92 valence electrons. The molecular formula is C14H19FN2. The highest BCUT2D eigenvalue weighted by Crippen LogP contribution is 2.40. The molecule has 3 N–H and O–H groups in total. The van der Waals surface area contributed by atoms with Crippen molar-refractivity contribution >= 4 is 5.69 Å². The zero-order chi connectivity index (χ0) is 11.9. The van der Waals surface area contributed by atoms with Gasteiger partial charge in [-0.15, -0.1) is 0 Å². The van der Waals surface area contributed by atoms with Gasteiger partial charge in [0, 0.05) is 11.7 Å². The Hall–Kier alpha value is -1.09. The maximum Gasteiger partial charge on any atom is 0.131 e. The molecule has 0 radical (unpaired) electrons. The van der Waals surface area contributed by atoms with Crippen LogP contribution >= 0.6 is 0 Å². The van der Waals surface area contributed by atoms with E-state index in [1.807, 2.05) is 18.2 Å². The topological polar surface area (TPSA) is 38.0 Å². The van der Waals surface area contributed by atoms with Gasteiger partial charge in [-0.3, -0.25) is 0 Å². The first kappa shape index (κ1) is 11.0. The normalized spacial score (nSPS) is 36.4. The Bertz CT molecular complexity index is 385. The van der Waals surface area contributed by atoms with Crippen LogP contribution in [0.3, 0.4) is 0 Å². The molecule has 1 aliphatic carbocycles. The quantitative estimate of drug-likeness (QED) is 0.784. The summed E-state index contributed by atoms with van der Waals surface area (Å²) in [5, 5.41) is 3.34. The first-order valence-electron chi connectivity index (χ1n) is 6.46. The van der Waals surface area contributed by atoms with Crippen LogP contribution in [0.15, 0.2) is 24.3 Å². The molecule has 1 fully saturated rings. The van der Waals surface area contributed by atoms with Gasteiger partial charge in [0.25, 0.3) is 0 Å². The minimum absolute atomic E-state index is 0.0626. The molecule has 3 rings (SSSR count). The molecule has 2 aliphatic rings. The Balaban J connectivity index is 1.76. The number of hydrogen-bond donors (Lipinski definition) is 2. The van der Waals surface area contributed by atoms with Crippen molar-refractivity contribution in [2.45, 2.75) is 49.9 Å². The number of benzene rings is 1. The zero-order valence-electron chi connectivity index (χ0n) is 9.95. The maximum atomic E-state index is 14.9. The van der Waals surface area contributed by atoms with Crippen LogP contribution in [0, 0.1) is 0 Å². The van der Waals surface area contributed by atoms with Crippen LogP contribution in [0.4, 0.5) is 10.1 Å². The summed E-state index contributed by atoms with van der Waals surface area (Å²) in [5.74, 6) is 0. The lowest BCUT2D eigenvalue weighted by Gasteiger charge is -2.37. The fraction of sp³-hybridized carbons (Fsp3) is 0.571. The van der Waals surface area contributed by atoms with Crippen molar-refractivity contribution in [3.05, 3.63) is 29.8 Å². The van der Waals surface area contributed by atoms with Crippen LogP contribution in [0.25, 0.3) is 0 Å². The fourth-order valence-electron chi connectivity index (χ4n) is 3.08. The highest BCUT2D eigenvalue weighted by atomic mass is 19.1. The van der Waals surface area contributed by atoms with E-state index < -0.39 is 5.67 Å². The molecule has 1 unspecified atom stereocenters. The third kappa shape index (κ3) is 1.93. The van der Waals surface area contributed by atoms with Crippen LogP contribution < -0.4 is 11.1 Å². The van der Waals surface area contributed by atoms with Crippen molar-refractivity contribution in [3.8, 4) is 0 Å². The molecule has 0 amide bonds. The van der Waals surface area contributed by atoms with E-state index in [1.165, 1.54) is 5.56 Å². The van der Waals surface area contributed by atoms with Crippen molar-refractivity contribution in [3.63, 3.8) is 0 Å². The Labute approximate surface area is 101 Å². The van der Waals surface area contributed by atoms with E-state index >= 15 is 0 Å². The predicted molar refractivity (Wildman–Crippen MR) is 67.8 cm³/mol. The molecule has 1 aliphatic heterocycles. The fourth-order valence-corrected chi connectivity index (χ4v) is 3.08. The number of halogens is 1. The Morgan fingerprint density at radius 2 is 1.94 bits per heavy atom. The van der Waals surface area contributed by atoms with Gasteiger partial charge >= 0.3 is 0 Å².